The van der Waals surface area contributed by atoms with Crippen molar-refractivity contribution in [2.45, 2.75) is 6.18 Å². The molecule has 3 rings (SSSR count). The van der Waals surface area contributed by atoms with Crippen LogP contribution in [0.5, 0.6) is 5.75 Å². The molecule has 8 nitrogen and oxygen atoms in total. The van der Waals surface area contributed by atoms with Gasteiger partial charge in [-0.15, -0.1) is 0 Å². The molecule has 0 fully saturated rings. The summed E-state index contributed by atoms with van der Waals surface area (Å²) in [7, 11) is 0. The summed E-state index contributed by atoms with van der Waals surface area (Å²) in [4.78, 5) is 22.8. The van der Waals surface area contributed by atoms with Crippen LogP contribution in [0.2, 0.25) is 5.02 Å². The normalized spacial score (nSPS) is 11.2. The van der Waals surface area contributed by atoms with E-state index in [9.17, 15) is 28.1 Å². The van der Waals surface area contributed by atoms with Crippen LogP contribution in [-0.4, -0.2) is 33.4 Å². The molecule has 1 aromatic heterocycles. The molecule has 3 aromatic rings. The van der Waals surface area contributed by atoms with E-state index in [0.29, 0.717) is 5.69 Å². The van der Waals surface area contributed by atoms with Gasteiger partial charge in [0.2, 0.25) is 0 Å². The van der Waals surface area contributed by atoms with Gasteiger partial charge in [0.1, 0.15) is 5.75 Å². The molecule has 1 N–H and O–H groups in total. The van der Waals surface area contributed by atoms with E-state index < -0.39 is 23.6 Å². The number of hydrogen-bond donors (Lipinski definition) is 1. The molecule has 30 heavy (non-hydrogen) atoms. The number of aromatic nitrogens is 2. The molecule has 12 heteroatoms. The number of nitrogens with one attached hydrogen (secondary N) is 1. The summed E-state index contributed by atoms with van der Waals surface area (Å²) >= 11 is 5.86. The van der Waals surface area contributed by atoms with Gasteiger partial charge in [-0.3, -0.25) is 14.9 Å². The highest BCUT2D eigenvalue weighted by atomic mass is 35.5. The minimum absolute atomic E-state index is 0.0679. The number of anilines is 1. The zero-order valence-electron chi connectivity index (χ0n) is 14.9. The Morgan fingerprint density at radius 3 is 2.70 bits per heavy atom. The first-order valence-electron chi connectivity index (χ1n) is 8.23. The maximum Gasteiger partial charge on any atom is 0.422 e. The smallest absolute Gasteiger partial charge is 0.422 e. The second-order valence-electron chi connectivity index (χ2n) is 5.92. The summed E-state index contributed by atoms with van der Waals surface area (Å²) < 4.78 is 43.3. The van der Waals surface area contributed by atoms with Crippen molar-refractivity contribution >= 4 is 28.9 Å². The third-order valence-electron chi connectivity index (χ3n) is 3.71. The quantitative estimate of drug-likeness (QED) is 0.445. The topological polar surface area (TPSA) is 99.3 Å². The lowest BCUT2D eigenvalue weighted by molar-refractivity contribution is -0.384. The maximum absolute atomic E-state index is 12.5. The predicted octanol–water partition coefficient (Wildman–Crippen LogP) is 4.63. The van der Waals surface area contributed by atoms with Gasteiger partial charge in [0.05, 0.1) is 16.3 Å². The fourth-order valence-corrected chi connectivity index (χ4v) is 2.58. The van der Waals surface area contributed by atoms with E-state index in [-0.39, 0.29) is 27.8 Å². The highest BCUT2D eigenvalue weighted by Crippen LogP contribution is 2.30. The minimum atomic E-state index is -4.56. The third-order valence-corrected chi connectivity index (χ3v) is 3.94. The molecule has 1 amide bonds. The number of ether oxygens (including phenoxy) is 1. The minimum Gasteiger partial charge on any atom is -0.482 e. The lowest BCUT2D eigenvalue weighted by Gasteiger charge is -2.13. The Labute approximate surface area is 172 Å². The van der Waals surface area contributed by atoms with Crippen molar-refractivity contribution in [1.29, 1.82) is 0 Å². The number of alkyl halides is 3. The Morgan fingerprint density at radius 2 is 2.00 bits per heavy atom. The van der Waals surface area contributed by atoms with Crippen LogP contribution in [0.25, 0.3) is 5.69 Å². The van der Waals surface area contributed by atoms with Crippen molar-refractivity contribution in [3.8, 4) is 11.4 Å². The number of hydrogen-bond acceptors (Lipinski definition) is 5. The average molecular weight is 441 g/mol. The Bertz CT molecular complexity index is 1100. The second kappa shape index (κ2) is 8.41. The van der Waals surface area contributed by atoms with Crippen molar-refractivity contribution in [2.24, 2.45) is 0 Å². The van der Waals surface area contributed by atoms with Gasteiger partial charge >= 0.3 is 6.18 Å². The molecule has 0 bridgehead atoms. The second-order valence-corrected chi connectivity index (χ2v) is 6.36. The number of nitro benzene ring substituents is 1. The first-order chi connectivity index (χ1) is 14.1. The summed E-state index contributed by atoms with van der Waals surface area (Å²) in [6.45, 7) is -1.54. The molecule has 0 saturated carbocycles. The highest BCUT2D eigenvalue weighted by molar-refractivity contribution is 6.31. The van der Waals surface area contributed by atoms with Gasteiger partial charge in [0.15, 0.2) is 12.3 Å². The van der Waals surface area contributed by atoms with E-state index in [2.05, 4.69) is 10.4 Å². The van der Waals surface area contributed by atoms with Crippen molar-refractivity contribution in [3.05, 3.63) is 75.6 Å². The van der Waals surface area contributed by atoms with Crippen LogP contribution in [0.1, 0.15) is 10.5 Å². The molecule has 156 valence electrons. The average Bonchev–Trinajstić information content (AvgIpc) is 3.17. The molecular formula is C18H12ClF3N4O4. The van der Waals surface area contributed by atoms with Crippen LogP contribution in [0, 0.1) is 10.1 Å². The van der Waals surface area contributed by atoms with Crippen LogP contribution in [-0.2, 0) is 0 Å². The van der Waals surface area contributed by atoms with Crippen LogP contribution in [0.3, 0.4) is 0 Å². The Morgan fingerprint density at radius 1 is 1.23 bits per heavy atom. The van der Waals surface area contributed by atoms with Crippen molar-refractivity contribution in [2.75, 3.05) is 11.9 Å². The van der Waals surface area contributed by atoms with Gasteiger partial charge in [0, 0.05) is 23.4 Å². The zero-order chi connectivity index (χ0) is 21.9. The SMILES string of the molecule is O=C(Nc1cc(Cl)ccc1OCC(F)(F)F)c1ccn(-c2cccc([N+](=O)[O-])c2)n1. The Balaban J connectivity index is 1.80. The molecule has 0 radical (unpaired) electrons. The fraction of sp³-hybridized carbons (Fsp3) is 0.111. The van der Waals surface area contributed by atoms with Crippen molar-refractivity contribution in [3.63, 3.8) is 0 Å². The van der Waals surface area contributed by atoms with E-state index in [1.165, 1.54) is 53.3 Å². The largest absolute Gasteiger partial charge is 0.482 e. The zero-order valence-corrected chi connectivity index (χ0v) is 15.6. The molecule has 0 aliphatic heterocycles. The van der Waals surface area contributed by atoms with Gasteiger partial charge < -0.3 is 10.1 Å². The number of nitro groups is 1. The predicted molar refractivity (Wildman–Crippen MR) is 101 cm³/mol. The number of non-ortho nitro benzene ring substituents is 1. The summed E-state index contributed by atoms with van der Waals surface area (Å²) in [5.74, 6) is -0.957. The van der Waals surface area contributed by atoms with E-state index in [1.807, 2.05) is 0 Å². The molecule has 0 atom stereocenters. The summed E-state index contributed by atoms with van der Waals surface area (Å²) in [6, 6.07) is 10.7. The van der Waals surface area contributed by atoms with E-state index >= 15 is 0 Å². The highest BCUT2D eigenvalue weighted by Gasteiger charge is 2.29. The molecule has 0 spiro atoms. The Hall–Kier alpha value is -3.60. The number of amides is 1. The van der Waals surface area contributed by atoms with Gasteiger partial charge in [-0.1, -0.05) is 17.7 Å². The maximum atomic E-state index is 12.5. The number of nitrogens with zero attached hydrogens (tertiary/aromatic N) is 3. The van der Waals surface area contributed by atoms with Gasteiger partial charge in [-0.25, -0.2) is 4.68 Å². The van der Waals surface area contributed by atoms with Gasteiger partial charge in [-0.2, -0.15) is 18.3 Å². The molecule has 1 heterocycles. The van der Waals surface area contributed by atoms with Crippen LogP contribution < -0.4 is 10.1 Å². The van der Waals surface area contributed by atoms with E-state index in [1.54, 1.807) is 6.07 Å². The standard InChI is InChI=1S/C18H12ClF3N4O4/c19-11-4-5-16(30-10-18(20,21)22)15(8-11)23-17(27)14-6-7-25(24-14)12-2-1-3-13(9-12)26(28)29/h1-9H,10H2,(H,23,27). The first-order valence-corrected chi connectivity index (χ1v) is 8.61. The lowest BCUT2D eigenvalue weighted by atomic mass is 10.2. The van der Waals surface area contributed by atoms with Crippen LogP contribution in [0.15, 0.2) is 54.7 Å². The number of halogens is 4. The summed E-state index contributed by atoms with van der Waals surface area (Å²) in [5, 5.41) is 17.5. The third kappa shape index (κ3) is 5.26. The van der Waals surface area contributed by atoms with Crippen molar-refractivity contribution < 1.29 is 27.6 Å². The number of benzene rings is 2. The molecular weight excluding hydrogens is 429 g/mol. The fourth-order valence-electron chi connectivity index (χ4n) is 2.41. The van der Waals surface area contributed by atoms with Gasteiger partial charge in [0.25, 0.3) is 11.6 Å². The molecule has 0 unspecified atom stereocenters. The van der Waals surface area contributed by atoms with E-state index in [0.717, 1.165) is 0 Å². The number of carbonyl (C=O) groups is 1. The molecule has 0 aliphatic rings. The van der Waals surface area contributed by atoms with Crippen LogP contribution >= 0.6 is 11.6 Å². The first kappa shape index (κ1) is 21.1. The lowest BCUT2D eigenvalue weighted by Crippen LogP contribution is -2.20. The molecule has 2 aromatic carbocycles. The molecule has 0 aliphatic carbocycles. The summed E-state index contributed by atoms with van der Waals surface area (Å²) in [5.41, 5.74) is 0.0458. The molecule has 0 saturated heterocycles. The van der Waals surface area contributed by atoms with Gasteiger partial charge in [-0.05, 0) is 30.3 Å². The Kier molecular flexibility index (Phi) is 5.92. The number of carbonyl (C=O) groups excluding carboxylic acids is 1. The summed E-state index contributed by atoms with van der Waals surface area (Å²) in [6.07, 6.45) is -3.15. The van der Waals surface area contributed by atoms with Crippen molar-refractivity contribution in [1.82, 2.24) is 9.78 Å². The monoisotopic (exact) mass is 440 g/mol. The van der Waals surface area contributed by atoms with E-state index in [4.69, 9.17) is 16.3 Å². The number of rotatable bonds is 6. The van der Waals surface area contributed by atoms with Crippen LogP contribution in [0.4, 0.5) is 24.5 Å².